The summed E-state index contributed by atoms with van der Waals surface area (Å²) >= 11 is 0. The van der Waals surface area contributed by atoms with Crippen molar-refractivity contribution in [2.45, 2.75) is 6.54 Å². The van der Waals surface area contributed by atoms with Crippen LogP contribution in [0, 0.1) is 0 Å². The molecule has 90 valence electrons. The second-order valence-corrected chi connectivity index (χ2v) is 4.16. The Hall–Kier alpha value is -2.36. The van der Waals surface area contributed by atoms with E-state index in [9.17, 15) is 0 Å². The molecule has 0 amide bonds. The van der Waals surface area contributed by atoms with Crippen LogP contribution >= 0.6 is 0 Å². The van der Waals surface area contributed by atoms with Gasteiger partial charge in [-0.05, 0) is 23.8 Å². The minimum atomic E-state index is 0.789. The van der Waals surface area contributed by atoms with Crippen LogP contribution in [0.5, 0.6) is 0 Å². The van der Waals surface area contributed by atoms with Gasteiger partial charge in [-0.25, -0.2) is 9.97 Å². The summed E-state index contributed by atoms with van der Waals surface area (Å²) in [6.07, 6.45) is 3.76. The average molecular weight is 238 g/mol. The first kappa shape index (κ1) is 10.8. The summed E-state index contributed by atoms with van der Waals surface area (Å²) < 4.78 is 2.13. The number of nitrogens with one attached hydrogen (secondary N) is 1. The standard InChI is InChI=1S/C14H14N4/c1-15-14-7-6-11(8-16-14)9-18-10-17-12-4-2-3-5-13(12)18/h2-8,10H,9H2,1H3,(H,15,16). The largest absolute Gasteiger partial charge is 0.373 e. The molecule has 2 aromatic heterocycles. The van der Waals surface area contributed by atoms with Crippen LogP contribution in [0.3, 0.4) is 0 Å². The molecular formula is C14H14N4. The first-order chi connectivity index (χ1) is 8.86. The lowest BCUT2D eigenvalue weighted by molar-refractivity contribution is 0.820. The molecule has 0 aliphatic rings. The fraction of sp³-hybridized carbons (Fsp3) is 0.143. The van der Waals surface area contributed by atoms with Crippen molar-refractivity contribution < 1.29 is 0 Å². The molecule has 2 heterocycles. The second-order valence-electron chi connectivity index (χ2n) is 4.16. The number of hydrogen-bond acceptors (Lipinski definition) is 3. The Labute approximate surface area is 105 Å². The molecule has 0 aliphatic heterocycles. The second kappa shape index (κ2) is 4.49. The summed E-state index contributed by atoms with van der Waals surface area (Å²) in [6.45, 7) is 0.789. The van der Waals surface area contributed by atoms with Crippen LogP contribution in [0.4, 0.5) is 5.82 Å². The predicted octanol–water partition coefficient (Wildman–Crippen LogP) is 2.52. The van der Waals surface area contributed by atoms with Crippen molar-refractivity contribution in [3.05, 3.63) is 54.5 Å². The number of anilines is 1. The summed E-state index contributed by atoms with van der Waals surface area (Å²) in [5.74, 6) is 0.884. The summed E-state index contributed by atoms with van der Waals surface area (Å²) in [6, 6.07) is 12.2. The number of hydrogen-bond donors (Lipinski definition) is 1. The third kappa shape index (κ3) is 1.93. The topological polar surface area (TPSA) is 42.7 Å². The van der Waals surface area contributed by atoms with Gasteiger partial charge in [0.25, 0.3) is 0 Å². The van der Waals surface area contributed by atoms with Crippen molar-refractivity contribution >= 4 is 16.9 Å². The van der Waals surface area contributed by atoms with Gasteiger partial charge < -0.3 is 9.88 Å². The van der Waals surface area contributed by atoms with E-state index < -0.39 is 0 Å². The van der Waals surface area contributed by atoms with Crippen molar-refractivity contribution in [2.24, 2.45) is 0 Å². The smallest absolute Gasteiger partial charge is 0.125 e. The number of benzene rings is 1. The van der Waals surface area contributed by atoms with Gasteiger partial charge in [-0.2, -0.15) is 0 Å². The number of fused-ring (bicyclic) bond motifs is 1. The van der Waals surface area contributed by atoms with Crippen molar-refractivity contribution in [1.82, 2.24) is 14.5 Å². The molecule has 4 nitrogen and oxygen atoms in total. The van der Waals surface area contributed by atoms with Crippen molar-refractivity contribution in [2.75, 3.05) is 12.4 Å². The Morgan fingerprint density at radius 1 is 1.11 bits per heavy atom. The lowest BCUT2D eigenvalue weighted by Gasteiger charge is -2.05. The van der Waals surface area contributed by atoms with Crippen molar-refractivity contribution in [3.8, 4) is 0 Å². The van der Waals surface area contributed by atoms with E-state index in [0.29, 0.717) is 0 Å². The minimum absolute atomic E-state index is 0.789. The third-order valence-corrected chi connectivity index (χ3v) is 2.96. The molecule has 0 bridgehead atoms. The van der Waals surface area contributed by atoms with Crippen LogP contribution < -0.4 is 5.32 Å². The van der Waals surface area contributed by atoms with Gasteiger partial charge in [0.1, 0.15) is 5.82 Å². The van der Waals surface area contributed by atoms with E-state index in [1.54, 1.807) is 0 Å². The number of nitrogens with zero attached hydrogens (tertiary/aromatic N) is 3. The quantitative estimate of drug-likeness (QED) is 0.762. The molecule has 0 saturated heterocycles. The first-order valence-corrected chi connectivity index (χ1v) is 5.89. The molecule has 0 fully saturated rings. The number of pyridine rings is 1. The van der Waals surface area contributed by atoms with Gasteiger partial charge in [-0.15, -0.1) is 0 Å². The van der Waals surface area contributed by atoms with Gasteiger partial charge in [-0.3, -0.25) is 0 Å². The van der Waals surface area contributed by atoms with Gasteiger partial charge in [0, 0.05) is 13.2 Å². The number of aromatic nitrogens is 3. The Morgan fingerprint density at radius 3 is 2.78 bits per heavy atom. The molecule has 1 aromatic carbocycles. The molecule has 4 heteroatoms. The van der Waals surface area contributed by atoms with E-state index in [1.165, 1.54) is 0 Å². The maximum atomic E-state index is 4.38. The SMILES string of the molecule is CNc1ccc(Cn2cnc3ccccc32)cn1. The molecule has 0 spiro atoms. The van der Waals surface area contributed by atoms with Gasteiger partial charge >= 0.3 is 0 Å². The predicted molar refractivity (Wildman–Crippen MR) is 72.6 cm³/mol. The van der Waals surface area contributed by atoms with Crippen molar-refractivity contribution in [1.29, 1.82) is 0 Å². The fourth-order valence-electron chi connectivity index (χ4n) is 2.00. The molecule has 18 heavy (non-hydrogen) atoms. The summed E-state index contributed by atoms with van der Waals surface area (Å²) in [5.41, 5.74) is 3.34. The zero-order chi connectivity index (χ0) is 12.4. The highest BCUT2D eigenvalue weighted by Crippen LogP contribution is 2.14. The molecule has 1 N–H and O–H groups in total. The zero-order valence-corrected chi connectivity index (χ0v) is 10.2. The average Bonchev–Trinajstić information content (AvgIpc) is 2.83. The van der Waals surface area contributed by atoms with E-state index in [1.807, 2.05) is 43.8 Å². The van der Waals surface area contributed by atoms with Gasteiger partial charge in [0.2, 0.25) is 0 Å². The number of para-hydroxylation sites is 2. The minimum Gasteiger partial charge on any atom is -0.373 e. The lowest BCUT2D eigenvalue weighted by atomic mass is 10.2. The molecule has 0 radical (unpaired) electrons. The number of imidazole rings is 1. The lowest BCUT2D eigenvalue weighted by Crippen LogP contribution is -1.99. The van der Waals surface area contributed by atoms with Crippen LogP contribution in [0.1, 0.15) is 5.56 Å². The van der Waals surface area contributed by atoms with Crippen LogP contribution in [-0.2, 0) is 6.54 Å². The van der Waals surface area contributed by atoms with Crippen LogP contribution in [0.2, 0.25) is 0 Å². The highest BCUT2D eigenvalue weighted by atomic mass is 15.0. The third-order valence-electron chi connectivity index (χ3n) is 2.96. The summed E-state index contributed by atoms with van der Waals surface area (Å²) in [7, 11) is 1.87. The molecule has 0 saturated carbocycles. The molecule has 0 unspecified atom stereocenters. The van der Waals surface area contributed by atoms with E-state index in [4.69, 9.17) is 0 Å². The highest BCUT2D eigenvalue weighted by molar-refractivity contribution is 5.75. The first-order valence-electron chi connectivity index (χ1n) is 5.89. The Balaban J connectivity index is 1.91. The maximum Gasteiger partial charge on any atom is 0.125 e. The van der Waals surface area contributed by atoms with Crippen LogP contribution in [0.25, 0.3) is 11.0 Å². The Kier molecular flexibility index (Phi) is 2.68. The summed E-state index contributed by atoms with van der Waals surface area (Å²) in [4.78, 5) is 8.69. The van der Waals surface area contributed by atoms with Crippen LogP contribution in [0.15, 0.2) is 48.9 Å². The van der Waals surface area contributed by atoms with Gasteiger partial charge in [0.15, 0.2) is 0 Å². The Bertz CT molecular complexity index is 655. The summed E-state index contributed by atoms with van der Waals surface area (Å²) in [5, 5.41) is 3.01. The van der Waals surface area contributed by atoms with Gasteiger partial charge in [-0.1, -0.05) is 18.2 Å². The zero-order valence-electron chi connectivity index (χ0n) is 10.2. The molecule has 0 aliphatic carbocycles. The number of rotatable bonds is 3. The van der Waals surface area contributed by atoms with E-state index in [-0.39, 0.29) is 0 Å². The molecule has 3 rings (SSSR count). The van der Waals surface area contributed by atoms with Gasteiger partial charge in [0.05, 0.1) is 23.9 Å². The molecule has 0 atom stereocenters. The normalized spacial score (nSPS) is 10.7. The Morgan fingerprint density at radius 2 is 2.00 bits per heavy atom. The fourth-order valence-corrected chi connectivity index (χ4v) is 2.00. The van der Waals surface area contributed by atoms with E-state index in [0.717, 1.165) is 29.0 Å². The highest BCUT2D eigenvalue weighted by Gasteiger charge is 2.02. The van der Waals surface area contributed by atoms with E-state index >= 15 is 0 Å². The van der Waals surface area contributed by atoms with E-state index in [2.05, 4.69) is 32.0 Å². The monoisotopic (exact) mass is 238 g/mol. The van der Waals surface area contributed by atoms with Crippen molar-refractivity contribution in [3.63, 3.8) is 0 Å². The van der Waals surface area contributed by atoms with Crippen LogP contribution in [-0.4, -0.2) is 21.6 Å². The molecule has 3 aromatic rings. The maximum absolute atomic E-state index is 4.38. The molecular weight excluding hydrogens is 224 g/mol.